The van der Waals surface area contributed by atoms with Crippen molar-refractivity contribution >= 4 is 0 Å². The van der Waals surface area contributed by atoms with Gasteiger partial charge >= 0.3 is 0 Å². The Kier molecular flexibility index (Phi) is 6.05. The van der Waals surface area contributed by atoms with Gasteiger partial charge in [0, 0.05) is 6.61 Å². The van der Waals surface area contributed by atoms with Crippen molar-refractivity contribution in [2.45, 2.75) is 58.7 Å². The van der Waals surface area contributed by atoms with Gasteiger partial charge in [-0.15, -0.1) is 6.58 Å². The van der Waals surface area contributed by atoms with Gasteiger partial charge in [-0.3, -0.25) is 0 Å². The van der Waals surface area contributed by atoms with E-state index in [9.17, 15) is 5.11 Å². The van der Waals surface area contributed by atoms with Crippen molar-refractivity contribution in [3.63, 3.8) is 0 Å². The van der Waals surface area contributed by atoms with Gasteiger partial charge in [0.25, 0.3) is 0 Å². The molecule has 0 aromatic rings. The van der Waals surface area contributed by atoms with Gasteiger partial charge < -0.3 is 9.84 Å². The molecule has 0 amide bonds. The fraction of sp³-hybridized carbons (Fsp3) is 0.833. The minimum atomic E-state index is -0.435. The smallest absolute Gasteiger partial charge is 0.0937 e. The molecule has 0 aromatic carbocycles. The average Bonchev–Trinajstić information content (AvgIpc) is 2.13. The molecular formula is C12H24O2. The van der Waals surface area contributed by atoms with Crippen LogP contribution in [0.4, 0.5) is 0 Å². The monoisotopic (exact) mass is 200 g/mol. The van der Waals surface area contributed by atoms with Gasteiger partial charge in [-0.25, -0.2) is 0 Å². The number of aliphatic hydroxyl groups is 1. The van der Waals surface area contributed by atoms with Crippen LogP contribution in [0, 0.1) is 0 Å². The molecule has 2 nitrogen and oxygen atoms in total. The Hall–Kier alpha value is -0.340. The number of aliphatic hydroxyl groups excluding tert-OH is 1. The van der Waals surface area contributed by atoms with Crippen LogP contribution in [-0.4, -0.2) is 23.4 Å². The summed E-state index contributed by atoms with van der Waals surface area (Å²) in [6.07, 6.45) is 1.87. The molecule has 0 bridgehead atoms. The molecule has 1 atom stereocenters. The molecule has 0 aliphatic rings. The Morgan fingerprint density at radius 3 is 2.14 bits per heavy atom. The van der Waals surface area contributed by atoms with Crippen LogP contribution in [0.2, 0.25) is 0 Å². The highest BCUT2D eigenvalue weighted by Crippen LogP contribution is 2.28. The Labute approximate surface area is 88.0 Å². The third-order valence-corrected chi connectivity index (χ3v) is 2.78. The Bertz CT molecular complexity index is 171. The lowest BCUT2D eigenvalue weighted by atomic mass is 9.87. The van der Waals surface area contributed by atoms with Crippen LogP contribution in [0.3, 0.4) is 0 Å². The highest BCUT2D eigenvalue weighted by molar-refractivity contribution is 4.97. The molecule has 0 heterocycles. The third kappa shape index (κ3) is 3.43. The fourth-order valence-corrected chi connectivity index (χ4v) is 1.83. The summed E-state index contributed by atoms with van der Waals surface area (Å²) in [6, 6.07) is 0. The van der Waals surface area contributed by atoms with Gasteiger partial charge in [-0.05, 0) is 33.1 Å². The molecular weight excluding hydrogens is 176 g/mol. The first-order valence-electron chi connectivity index (χ1n) is 5.48. The number of hydrogen-bond donors (Lipinski definition) is 1. The van der Waals surface area contributed by atoms with Crippen LogP contribution < -0.4 is 0 Å². The van der Waals surface area contributed by atoms with Crippen LogP contribution in [-0.2, 0) is 4.74 Å². The van der Waals surface area contributed by atoms with Gasteiger partial charge in [-0.2, -0.15) is 0 Å². The number of hydrogen-bond acceptors (Lipinski definition) is 2. The van der Waals surface area contributed by atoms with E-state index in [0.717, 1.165) is 18.4 Å². The van der Waals surface area contributed by atoms with Crippen molar-refractivity contribution in [2.24, 2.45) is 0 Å². The van der Waals surface area contributed by atoms with Crippen LogP contribution >= 0.6 is 0 Å². The molecule has 0 fully saturated rings. The van der Waals surface area contributed by atoms with Crippen LogP contribution in [0.5, 0.6) is 0 Å². The number of ether oxygens (including phenoxy) is 1. The van der Waals surface area contributed by atoms with E-state index in [1.165, 1.54) is 0 Å². The SMILES string of the molecule is C=C(C)CC(O)C(CC)(CC)OCC. The molecule has 0 radical (unpaired) electrons. The maximum Gasteiger partial charge on any atom is 0.0937 e. The molecule has 0 aliphatic carbocycles. The molecule has 0 spiro atoms. The molecule has 0 saturated heterocycles. The van der Waals surface area contributed by atoms with E-state index in [1.807, 2.05) is 13.8 Å². The van der Waals surface area contributed by atoms with Gasteiger partial charge in [0.2, 0.25) is 0 Å². The highest BCUT2D eigenvalue weighted by atomic mass is 16.5. The summed E-state index contributed by atoms with van der Waals surface area (Å²) in [5, 5.41) is 10.1. The van der Waals surface area contributed by atoms with E-state index in [0.29, 0.717) is 13.0 Å². The lowest BCUT2D eigenvalue weighted by Gasteiger charge is -2.36. The second-order valence-electron chi connectivity index (χ2n) is 3.88. The Balaban J connectivity index is 4.51. The van der Waals surface area contributed by atoms with E-state index in [4.69, 9.17) is 4.74 Å². The van der Waals surface area contributed by atoms with Gasteiger partial charge in [0.1, 0.15) is 0 Å². The van der Waals surface area contributed by atoms with Crippen molar-refractivity contribution < 1.29 is 9.84 Å². The van der Waals surface area contributed by atoms with E-state index in [2.05, 4.69) is 20.4 Å². The average molecular weight is 200 g/mol. The molecule has 84 valence electrons. The minimum Gasteiger partial charge on any atom is -0.390 e. The first-order valence-corrected chi connectivity index (χ1v) is 5.48. The first kappa shape index (κ1) is 13.7. The Morgan fingerprint density at radius 1 is 1.36 bits per heavy atom. The molecule has 2 heteroatoms. The van der Waals surface area contributed by atoms with Crippen molar-refractivity contribution in [3.8, 4) is 0 Å². The van der Waals surface area contributed by atoms with Gasteiger partial charge in [-0.1, -0.05) is 19.4 Å². The maximum atomic E-state index is 10.1. The standard InChI is InChI=1S/C12H24O2/c1-6-12(7-2,14-8-3)11(13)9-10(4)5/h11,13H,4,6-9H2,1-3,5H3. The summed E-state index contributed by atoms with van der Waals surface area (Å²) in [5.41, 5.74) is 0.622. The molecule has 1 N–H and O–H groups in total. The predicted octanol–water partition coefficient (Wildman–Crippen LogP) is 2.91. The molecule has 14 heavy (non-hydrogen) atoms. The van der Waals surface area contributed by atoms with Crippen LogP contribution in [0.25, 0.3) is 0 Å². The lowest BCUT2D eigenvalue weighted by molar-refractivity contribution is -0.124. The normalized spacial score (nSPS) is 14.1. The summed E-state index contributed by atoms with van der Waals surface area (Å²) >= 11 is 0. The zero-order chi connectivity index (χ0) is 11.2. The fourth-order valence-electron chi connectivity index (χ4n) is 1.83. The van der Waals surface area contributed by atoms with E-state index in [-0.39, 0.29) is 5.60 Å². The van der Waals surface area contributed by atoms with Crippen LogP contribution in [0.1, 0.15) is 47.0 Å². The lowest BCUT2D eigenvalue weighted by Crippen LogP contribution is -2.44. The van der Waals surface area contributed by atoms with Crippen LogP contribution in [0.15, 0.2) is 12.2 Å². The predicted molar refractivity (Wildman–Crippen MR) is 60.4 cm³/mol. The van der Waals surface area contributed by atoms with Crippen molar-refractivity contribution in [1.82, 2.24) is 0 Å². The summed E-state index contributed by atoms with van der Waals surface area (Å²) in [5.74, 6) is 0. The molecule has 1 unspecified atom stereocenters. The largest absolute Gasteiger partial charge is 0.390 e. The first-order chi connectivity index (χ1) is 6.52. The molecule has 0 rings (SSSR count). The van der Waals surface area contributed by atoms with Crippen molar-refractivity contribution in [1.29, 1.82) is 0 Å². The van der Waals surface area contributed by atoms with Gasteiger partial charge in [0.05, 0.1) is 11.7 Å². The van der Waals surface area contributed by atoms with E-state index >= 15 is 0 Å². The summed E-state index contributed by atoms with van der Waals surface area (Å²) in [7, 11) is 0. The maximum absolute atomic E-state index is 10.1. The van der Waals surface area contributed by atoms with E-state index < -0.39 is 6.10 Å². The quantitative estimate of drug-likeness (QED) is 0.640. The summed E-state index contributed by atoms with van der Waals surface area (Å²) in [6.45, 7) is 12.5. The van der Waals surface area contributed by atoms with Crippen molar-refractivity contribution in [2.75, 3.05) is 6.61 Å². The summed E-state index contributed by atoms with van der Waals surface area (Å²) < 4.78 is 5.70. The molecule has 0 aliphatic heterocycles. The topological polar surface area (TPSA) is 29.5 Å². The molecule has 0 aromatic heterocycles. The second-order valence-corrected chi connectivity index (χ2v) is 3.88. The highest BCUT2D eigenvalue weighted by Gasteiger charge is 2.34. The van der Waals surface area contributed by atoms with E-state index in [1.54, 1.807) is 0 Å². The van der Waals surface area contributed by atoms with Crippen molar-refractivity contribution in [3.05, 3.63) is 12.2 Å². The molecule has 0 saturated carbocycles. The zero-order valence-corrected chi connectivity index (χ0v) is 9.97. The second kappa shape index (κ2) is 6.20. The third-order valence-electron chi connectivity index (χ3n) is 2.78. The summed E-state index contributed by atoms with van der Waals surface area (Å²) in [4.78, 5) is 0. The zero-order valence-electron chi connectivity index (χ0n) is 9.97. The van der Waals surface area contributed by atoms with Gasteiger partial charge in [0.15, 0.2) is 0 Å². The number of rotatable bonds is 7. The Morgan fingerprint density at radius 2 is 1.86 bits per heavy atom. The minimum absolute atomic E-state index is 0.381.